The van der Waals surface area contributed by atoms with Gasteiger partial charge in [-0.2, -0.15) is 0 Å². The zero-order valence-electron chi connectivity index (χ0n) is 13.8. The van der Waals surface area contributed by atoms with Crippen LogP contribution in [0.2, 0.25) is 0 Å². The molecule has 0 saturated carbocycles. The van der Waals surface area contributed by atoms with Crippen molar-refractivity contribution in [3.8, 4) is 5.75 Å². The van der Waals surface area contributed by atoms with Crippen LogP contribution in [0, 0.1) is 13.8 Å². The molecule has 1 aromatic carbocycles. The van der Waals surface area contributed by atoms with Crippen molar-refractivity contribution >= 4 is 5.97 Å². The maximum Gasteiger partial charge on any atom is 0.304 e. The van der Waals surface area contributed by atoms with Gasteiger partial charge in [-0.1, -0.05) is 31.5 Å². The highest BCUT2D eigenvalue weighted by molar-refractivity contribution is 5.67. The molecule has 0 fully saturated rings. The number of aryl methyl sites for hydroxylation is 2. The highest BCUT2D eigenvalue weighted by atomic mass is 16.5. The minimum atomic E-state index is -0.754. The second-order valence-corrected chi connectivity index (χ2v) is 5.45. The average molecular weight is 293 g/mol. The van der Waals surface area contributed by atoms with E-state index in [4.69, 9.17) is 4.74 Å². The van der Waals surface area contributed by atoms with Crippen molar-refractivity contribution in [3.05, 3.63) is 28.8 Å². The monoisotopic (exact) mass is 293 g/mol. The summed E-state index contributed by atoms with van der Waals surface area (Å²) in [6.45, 7) is 9.91. The van der Waals surface area contributed by atoms with E-state index in [9.17, 15) is 9.90 Å². The fraction of sp³-hybridized carbons (Fsp3) is 0.588. The van der Waals surface area contributed by atoms with E-state index in [0.717, 1.165) is 30.0 Å². The SMILES string of the molecule is CCN(CC)C(CC(=O)O)Cc1cc(C)cc(C)c1OC. The summed E-state index contributed by atoms with van der Waals surface area (Å²) in [5, 5.41) is 9.18. The van der Waals surface area contributed by atoms with Gasteiger partial charge in [0, 0.05) is 6.04 Å². The van der Waals surface area contributed by atoms with Gasteiger partial charge in [-0.3, -0.25) is 4.79 Å². The average Bonchev–Trinajstić information content (AvgIpc) is 2.38. The van der Waals surface area contributed by atoms with Crippen LogP contribution in [0.3, 0.4) is 0 Å². The van der Waals surface area contributed by atoms with Crippen LogP contribution in [-0.4, -0.2) is 42.2 Å². The number of carboxylic acids is 1. The Balaban J connectivity index is 3.10. The topological polar surface area (TPSA) is 49.8 Å². The van der Waals surface area contributed by atoms with E-state index in [-0.39, 0.29) is 12.5 Å². The summed E-state index contributed by atoms with van der Waals surface area (Å²) in [4.78, 5) is 13.4. The van der Waals surface area contributed by atoms with Crippen molar-refractivity contribution in [1.82, 2.24) is 4.90 Å². The third kappa shape index (κ3) is 4.74. The number of aliphatic carboxylic acids is 1. The molecule has 0 aliphatic carbocycles. The molecule has 1 atom stereocenters. The molecule has 1 unspecified atom stereocenters. The molecule has 118 valence electrons. The molecular weight excluding hydrogens is 266 g/mol. The number of hydrogen-bond donors (Lipinski definition) is 1. The van der Waals surface area contributed by atoms with E-state index in [1.807, 2.05) is 6.92 Å². The first-order chi connectivity index (χ1) is 9.92. The van der Waals surface area contributed by atoms with Crippen LogP contribution in [-0.2, 0) is 11.2 Å². The normalized spacial score (nSPS) is 12.5. The summed E-state index contributed by atoms with van der Waals surface area (Å²) in [5.74, 6) is 0.124. The summed E-state index contributed by atoms with van der Waals surface area (Å²) in [6, 6.07) is 4.18. The Morgan fingerprint density at radius 3 is 2.38 bits per heavy atom. The van der Waals surface area contributed by atoms with Gasteiger partial charge in [0.25, 0.3) is 0 Å². The van der Waals surface area contributed by atoms with Gasteiger partial charge in [-0.15, -0.1) is 0 Å². The number of rotatable bonds is 8. The van der Waals surface area contributed by atoms with E-state index in [2.05, 4.69) is 37.8 Å². The molecule has 0 bridgehead atoms. The van der Waals surface area contributed by atoms with Crippen molar-refractivity contribution in [2.45, 2.75) is 46.6 Å². The Morgan fingerprint density at radius 2 is 1.90 bits per heavy atom. The minimum Gasteiger partial charge on any atom is -0.496 e. The van der Waals surface area contributed by atoms with Gasteiger partial charge in [0.15, 0.2) is 0 Å². The first kappa shape index (κ1) is 17.5. The zero-order valence-corrected chi connectivity index (χ0v) is 13.8. The van der Waals surface area contributed by atoms with E-state index in [1.165, 1.54) is 5.56 Å². The van der Waals surface area contributed by atoms with Gasteiger partial charge in [0.1, 0.15) is 5.75 Å². The number of methoxy groups -OCH3 is 1. The number of carbonyl (C=O) groups is 1. The van der Waals surface area contributed by atoms with Gasteiger partial charge in [0.05, 0.1) is 13.5 Å². The number of hydrogen-bond acceptors (Lipinski definition) is 3. The largest absolute Gasteiger partial charge is 0.496 e. The third-order valence-electron chi connectivity index (χ3n) is 3.89. The van der Waals surface area contributed by atoms with E-state index in [0.29, 0.717) is 6.42 Å². The van der Waals surface area contributed by atoms with Crippen LogP contribution in [0.1, 0.15) is 37.0 Å². The highest BCUT2D eigenvalue weighted by Crippen LogP contribution is 2.27. The fourth-order valence-electron chi connectivity index (χ4n) is 3.01. The number of carboxylic acid groups (broad SMARTS) is 1. The van der Waals surface area contributed by atoms with Crippen molar-refractivity contribution in [1.29, 1.82) is 0 Å². The van der Waals surface area contributed by atoms with Gasteiger partial charge in [0.2, 0.25) is 0 Å². The molecule has 1 N–H and O–H groups in total. The van der Waals surface area contributed by atoms with E-state index < -0.39 is 5.97 Å². The van der Waals surface area contributed by atoms with Crippen LogP contribution in [0.25, 0.3) is 0 Å². The predicted octanol–water partition coefficient (Wildman–Crippen LogP) is 3.04. The molecule has 0 heterocycles. The molecular formula is C17H27NO3. The van der Waals surface area contributed by atoms with Gasteiger partial charge in [-0.25, -0.2) is 0 Å². The Kier molecular flexibility index (Phi) is 6.69. The summed E-state index contributed by atoms with van der Waals surface area (Å²) >= 11 is 0. The van der Waals surface area contributed by atoms with Crippen LogP contribution in [0.4, 0.5) is 0 Å². The zero-order chi connectivity index (χ0) is 16.0. The summed E-state index contributed by atoms with van der Waals surface area (Å²) < 4.78 is 5.52. The lowest BCUT2D eigenvalue weighted by Crippen LogP contribution is -2.38. The molecule has 0 amide bonds. The van der Waals surface area contributed by atoms with Crippen molar-refractivity contribution in [2.75, 3.05) is 20.2 Å². The third-order valence-corrected chi connectivity index (χ3v) is 3.89. The molecule has 0 aliphatic rings. The molecule has 0 saturated heterocycles. The van der Waals surface area contributed by atoms with Crippen LogP contribution in [0.5, 0.6) is 5.75 Å². The maximum absolute atomic E-state index is 11.2. The molecule has 0 aromatic heterocycles. The standard InChI is InChI=1S/C17H27NO3/c1-6-18(7-2)15(11-16(19)20)10-14-9-12(3)8-13(4)17(14)21-5/h8-9,15H,6-7,10-11H2,1-5H3,(H,19,20). The Bertz CT molecular complexity index is 481. The summed E-state index contributed by atoms with van der Waals surface area (Å²) in [6.07, 6.45) is 0.845. The van der Waals surface area contributed by atoms with Crippen LogP contribution >= 0.6 is 0 Å². The highest BCUT2D eigenvalue weighted by Gasteiger charge is 2.21. The van der Waals surface area contributed by atoms with Gasteiger partial charge >= 0.3 is 5.97 Å². The quantitative estimate of drug-likeness (QED) is 0.800. The van der Waals surface area contributed by atoms with E-state index in [1.54, 1.807) is 7.11 Å². The lowest BCUT2D eigenvalue weighted by molar-refractivity contribution is -0.138. The molecule has 4 nitrogen and oxygen atoms in total. The first-order valence-electron chi connectivity index (χ1n) is 7.52. The number of ether oxygens (including phenoxy) is 1. The van der Waals surface area contributed by atoms with Gasteiger partial charge < -0.3 is 14.7 Å². The lowest BCUT2D eigenvalue weighted by Gasteiger charge is -2.29. The number of likely N-dealkylation sites (N-methyl/N-ethyl adjacent to an activating group) is 1. The summed E-state index contributed by atoms with van der Waals surface area (Å²) in [5.41, 5.74) is 3.37. The molecule has 21 heavy (non-hydrogen) atoms. The first-order valence-corrected chi connectivity index (χ1v) is 7.52. The predicted molar refractivity (Wildman–Crippen MR) is 85.1 cm³/mol. The van der Waals surface area contributed by atoms with Crippen LogP contribution in [0.15, 0.2) is 12.1 Å². The Hall–Kier alpha value is -1.55. The molecule has 1 rings (SSSR count). The smallest absolute Gasteiger partial charge is 0.304 e. The molecule has 0 radical (unpaired) electrons. The maximum atomic E-state index is 11.2. The van der Waals surface area contributed by atoms with Crippen molar-refractivity contribution in [3.63, 3.8) is 0 Å². The second-order valence-electron chi connectivity index (χ2n) is 5.45. The molecule has 0 aliphatic heterocycles. The fourth-order valence-corrected chi connectivity index (χ4v) is 3.01. The molecule has 4 heteroatoms. The van der Waals surface area contributed by atoms with Gasteiger partial charge in [-0.05, 0) is 44.5 Å². The minimum absolute atomic E-state index is 0.00685. The lowest BCUT2D eigenvalue weighted by atomic mass is 9.97. The Morgan fingerprint density at radius 1 is 1.29 bits per heavy atom. The number of benzene rings is 1. The molecule has 1 aromatic rings. The molecule has 0 spiro atoms. The second kappa shape index (κ2) is 8.03. The number of nitrogens with zero attached hydrogens (tertiary/aromatic N) is 1. The van der Waals surface area contributed by atoms with Crippen LogP contribution < -0.4 is 4.74 Å². The van der Waals surface area contributed by atoms with E-state index >= 15 is 0 Å². The van der Waals surface area contributed by atoms with Crippen molar-refractivity contribution in [2.24, 2.45) is 0 Å². The van der Waals surface area contributed by atoms with Crippen molar-refractivity contribution < 1.29 is 14.6 Å². The Labute approximate surface area is 127 Å². The summed E-state index contributed by atoms with van der Waals surface area (Å²) in [7, 11) is 1.67.